The third kappa shape index (κ3) is 5.24. The zero-order valence-electron chi connectivity index (χ0n) is 13.2. The zero-order valence-corrected chi connectivity index (χ0v) is 13.2. The van der Waals surface area contributed by atoms with E-state index >= 15 is 0 Å². The quantitative estimate of drug-likeness (QED) is 0.748. The van der Waals surface area contributed by atoms with Crippen molar-refractivity contribution in [3.8, 4) is 0 Å². The van der Waals surface area contributed by atoms with Gasteiger partial charge in [-0.1, -0.05) is 19.3 Å². The highest BCUT2D eigenvalue weighted by Crippen LogP contribution is 2.23. The number of nitrogens with zero attached hydrogens (tertiary/aromatic N) is 1. The van der Waals surface area contributed by atoms with Gasteiger partial charge in [0.05, 0.1) is 13.2 Å². The van der Waals surface area contributed by atoms with Crippen molar-refractivity contribution >= 4 is 5.91 Å². The van der Waals surface area contributed by atoms with Crippen molar-refractivity contribution < 1.29 is 14.6 Å². The van der Waals surface area contributed by atoms with Crippen LogP contribution in [0.5, 0.6) is 0 Å². The van der Waals surface area contributed by atoms with E-state index in [0.29, 0.717) is 44.7 Å². The number of ether oxygens (including phenoxy) is 1. The van der Waals surface area contributed by atoms with Crippen molar-refractivity contribution in [1.29, 1.82) is 0 Å². The topological polar surface area (TPSA) is 61.8 Å². The maximum atomic E-state index is 12.3. The number of nitrogens with one attached hydrogen (secondary N) is 1. The summed E-state index contributed by atoms with van der Waals surface area (Å²) in [6.45, 7) is 5.08. The molecule has 1 heterocycles. The van der Waals surface area contributed by atoms with Crippen LogP contribution in [0, 0.1) is 5.92 Å². The fourth-order valence-electron chi connectivity index (χ4n) is 3.45. The molecule has 122 valence electrons. The molecule has 5 nitrogen and oxygen atoms in total. The van der Waals surface area contributed by atoms with Gasteiger partial charge in [-0.05, 0) is 25.7 Å². The van der Waals surface area contributed by atoms with Gasteiger partial charge in [-0.3, -0.25) is 4.79 Å². The van der Waals surface area contributed by atoms with Crippen molar-refractivity contribution in [1.82, 2.24) is 10.2 Å². The summed E-state index contributed by atoms with van der Waals surface area (Å²) in [4.78, 5) is 14.2. The molecule has 21 heavy (non-hydrogen) atoms. The molecule has 1 saturated heterocycles. The molecule has 0 aromatic carbocycles. The Labute approximate surface area is 128 Å². The van der Waals surface area contributed by atoms with Crippen LogP contribution in [0.15, 0.2) is 0 Å². The third-order valence-corrected chi connectivity index (χ3v) is 4.74. The fourth-order valence-corrected chi connectivity index (χ4v) is 3.45. The van der Waals surface area contributed by atoms with Gasteiger partial charge in [-0.15, -0.1) is 0 Å². The molecule has 3 unspecified atom stereocenters. The van der Waals surface area contributed by atoms with Crippen LogP contribution in [0.25, 0.3) is 0 Å². The average Bonchev–Trinajstić information content (AvgIpc) is 2.73. The Kier molecular flexibility index (Phi) is 6.93. The number of aliphatic hydroxyl groups is 1. The number of hydrogen-bond donors (Lipinski definition) is 2. The number of amides is 1. The lowest BCUT2D eigenvalue weighted by Crippen LogP contribution is -2.46. The predicted octanol–water partition coefficient (Wildman–Crippen LogP) is 1.15. The first-order valence-corrected chi connectivity index (χ1v) is 8.43. The van der Waals surface area contributed by atoms with E-state index in [2.05, 4.69) is 12.2 Å². The SMILES string of the molecule is CC(CC(=O)N1CCOCC1)NC1CCCCCC1CO. The van der Waals surface area contributed by atoms with Crippen molar-refractivity contribution in [3.63, 3.8) is 0 Å². The smallest absolute Gasteiger partial charge is 0.224 e. The Hall–Kier alpha value is -0.650. The summed E-state index contributed by atoms with van der Waals surface area (Å²) >= 11 is 0. The summed E-state index contributed by atoms with van der Waals surface area (Å²) in [5, 5.41) is 13.1. The summed E-state index contributed by atoms with van der Waals surface area (Å²) in [5.41, 5.74) is 0. The monoisotopic (exact) mass is 298 g/mol. The number of carbonyl (C=O) groups excluding carboxylic acids is 1. The molecule has 0 radical (unpaired) electrons. The molecule has 0 spiro atoms. The van der Waals surface area contributed by atoms with Gasteiger partial charge in [0.2, 0.25) is 5.91 Å². The molecule has 3 atom stereocenters. The van der Waals surface area contributed by atoms with E-state index in [1.54, 1.807) is 0 Å². The standard InChI is InChI=1S/C16H30N2O3/c1-13(11-16(20)18-7-9-21-10-8-18)17-15-6-4-2-3-5-14(15)12-19/h13-15,17,19H,2-12H2,1H3. The third-order valence-electron chi connectivity index (χ3n) is 4.74. The van der Waals surface area contributed by atoms with Gasteiger partial charge >= 0.3 is 0 Å². The second kappa shape index (κ2) is 8.71. The molecule has 0 aromatic rings. The number of hydrogen-bond acceptors (Lipinski definition) is 4. The van der Waals surface area contributed by atoms with Gasteiger partial charge in [0.25, 0.3) is 0 Å². The van der Waals surface area contributed by atoms with Crippen molar-refractivity contribution in [2.24, 2.45) is 5.92 Å². The number of morpholine rings is 1. The van der Waals surface area contributed by atoms with Crippen molar-refractivity contribution in [2.75, 3.05) is 32.9 Å². The van der Waals surface area contributed by atoms with Crippen LogP contribution in [0.4, 0.5) is 0 Å². The van der Waals surface area contributed by atoms with Crippen LogP contribution < -0.4 is 5.32 Å². The van der Waals surface area contributed by atoms with Gasteiger partial charge in [0.1, 0.15) is 0 Å². The van der Waals surface area contributed by atoms with Crippen LogP contribution in [0.1, 0.15) is 45.4 Å². The molecule has 1 saturated carbocycles. The lowest BCUT2D eigenvalue weighted by Gasteiger charge is -2.31. The fraction of sp³-hybridized carbons (Fsp3) is 0.938. The lowest BCUT2D eigenvalue weighted by atomic mass is 9.94. The molecule has 1 amide bonds. The minimum atomic E-state index is 0.164. The largest absolute Gasteiger partial charge is 0.396 e. The highest BCUT2D eigenvalue weighted by Gasteiger charge is 2.26. The van der Waals surface area contributed by atoms with Gasteiger partial charge in [-0.2, -0.15) is 0 Å². The first-order chi connectivity index (χ1) is 10.2. The molecule has 0 aromatic heterocycles. The Morgan fingerprint density at radius 2 is 2.00 bits per heavy atom. The Balaban J connectivity index is 1.79. The minimum absolute atomic E-state index is 0.164. The summed E-state index contributed by atoms with van der Waals surface area (Å²) in [6.07, 6.45) is 6.44. The van der Waals surface area contributed by atoms with E-state index in [4.69, 9.17) is 4.74 Å². The Bertz CT molecular complexity index is 319. The molecule has 1 aliphatic heterocycles. The first-order valence-electron chi connectivity index (χ1n) is 8.43. The molecule has 2 rings (SSSR count). The summed E-state index contributed by atoms with van der Waals surface area (Å²) in [5.74, 6) is 0.556. The molecular weight excluding hydrogens is 268 g/mol. The van der Waals surface area contributed by atoms with E-state index in [9.17, 15) is 9.90 Å². The van der Waals surface area contributed by atoms with E-state index in [0.717, 1.165) is 12.8 Å². The maximum Gasteiger partial charge on any atom is 0.224 e. The molecule has 1 aliphatic carbocycles. The normalized spacial score (nSPS) is 29.0. The maximum absolute atomic E-state index is 12.3. The highest BCUT2D eigenvalue weighted by atomic mass is 16.5. The Morgan fingerprint density at radius 1 is 1.29 bits per heavy atom. The lowest BCUT2D eigenvalue weighted by molar-refractivity contribution is -0.135. The summed E-state index contributed by atoms with van der Waals surface area (Å²) in [6, 6.07) is 0.516. The average molecular weight is 298 g/mol. The van der Waals surface area contributed by atoms with Gasteiger partial charge < -0.3 is 20.1 Å². The van der Waals surface area contributed by atoms with Crippen LogP contribution in [0.2, 0.25) is 0 Å². The van der Waals surface area contributed by atoms with Crippen LogP contribution in [0.3, 0.4) is 0 Å². The van der Waals surface area contributed by atoms with Gasteiger partial charge in [0, 0.05) is 38.2 Å². The van der Waals surface area contributed by atoms with Crippen molar-refractivity contribution in [2.45, 2.75) is 57.5 Å². The first kappa shape index (κ1) is 16.7. The minimum Gasteiger partial charge on any atom is -0.396 e. The zero-order chi connectivity index (χ0) is 15.1. The molecule has 2 aliphatic rings. The number of rotatable bonds is 5. The molecule has 2 fully saturated rings. The van der Waals surface area contributed by atoms with Crippen LogP contribution in [-0.2, 0) is 9.53 Å². The van der Waals surface area contributed by atoms with Gasteiger partial charge in [-0.25, -0.2) is 0 Å². The highest BCUT2D eigenvalue weighted by molar-refractivity contribution is 5.76. The number of aliphatic hydroxyl groups excluding tert-OH is 1. The van der Waals surface area contributed by atoms with E-state index < -0.39 is 0 Å². The molecule has 5 heteroatoms. The number of carbonyl (C=O) groups is 1. The van der Waals surface area contributed by atoms with E-state index in [-0.39, 0.29) is 18.6 Å². The van der Waals surface area contributed by atoms with E-state index in [1.807, 2.05) is 4.90 Å². The predicted molar refractivity (Wildman–Crippen MR) is 82.1 cm³/mol. The molecular formula is C16H30N2O3. The summed E-state index contributed by atoms with van der Waals surface area (Å²) < 4.78 is 5.28. The van der Waals surface area contributed by atoms with Gasteiger partial charge in [0.15, 0.2) is 0 Å². The van der Waals surface area contributed by atoms with E-state index in [1.165, 1.54) is 19.3 Å². The van der Waals surface area contributed by atoms with Crippen LogP contribution in [-0.4, -0.2) is 60.9 Å². The van der Waals surface area contributed by atoms with Crippen LogP contribution >= 0.6 is 0 Å². The second-order valence-electron chi connectivity index (χ2n) is 6.45. The molecule has 0 bridgehead atoms. The van der Waals surface area contributed by atoms with Crippen molar-refractivity contribution in [3.05, 3.63) is 0 Å². The Morgan fingerprint density at radius 3 is 2.71 bits per heavy atom. The summed E-state index contributed by atoms with van der Waals surface area (Å²) in [7, 11) is 0. The molecule has 2 N–H and O–H groups in total. The second-order valence-corrected chi connectivity index (χ2v) is 6.45.